The predicted molar refractivity (Wildman–Crippen MR) is 48.6 cm³/mol. The minimum absolute atomic E-state index is 0.151. The molecule has 0 spiro atoms. The van der Waals surface area contributed by atoms with E-state index in [4.69, 9.17) is 0 Å². The van der Waals surface area contributed by atoms with Crippen LogP contribution in [0.2, 0.25) is 0 Å². The minimum Gasteiger partial charge on any atom is -0.493 e. The Morgan fingerprint density at radius 1 is 1.54 bits per heavy atom. The molecule has 1 N–H and O–H groups in total. The van der Waals surface area contributed by atoms with Gasteiger partial charge in [0.25, 0.3) is 0 Å². The first kappa shape index (κ1) is 8.04. The zero-order valence-electron chi connectivity index (χ0n) is 7.44. The Morgan fingerprint density at radius 2 is 2.38 bits per heavy atom. The van der Waals surface area contributed by atoms with Crippen molar-refractivity contribution in [3.05, 3.63) is 24.0 Å². The summed E-state index contributed by atoms with van der Waals surface area (Å²) in [5.41, 5.74) is 1.61. The first-order chi connectivity index (χ1) is 6.31. The molecule has 0 fully saturated rings. The second kappa shape index (κ2) is 3.05. The summed E-state index contributed by atoms with van der Waals surface area (Å²) >= 11 is 0. The Hall–Kier alpha value is -1.58. The Morgan fingerprint density at radius 3 is 3.15 bits per heavy atom. The molecule has 68 valence electrons. The standard InChI is InChI=1S/C9H11N3O/c1-2-3-7-6-9(13)12-8(11-7)4-5-10-12/h4-6,13H,2-3H2,1H3. The summed E-state index contributed by atoms with van der Waals surface area (Å²) < 4.78 is 1.42. The number of rotatable bonds is 2. The summed E-state index contributed by atoms with van der Waals surface area (Å²) in [6.07, 6.45) is 3.53. The van der Waals surface area contributed by atoms with Gasteiger partial charge in [-0.2, -0.15) is 9.61 Å². The molecule has 2 heterocycles. The van der Waals surface area contributed by atoms with Gasteiger partial charge >= 0.3 is 0 Å². The first-order valence-electron chi connectivity index (χ1n) is 4.34. The second-order valence-electron chi connectivity index (χ2n) is 2.96. The van der Waals surface area contributed by atoms with Gasteiger partial charge in [-0.1, -0.05) is 13.3 Å². The lowest BCUT2D eigenvalue weighted by atomic mass is 10.2. The monoisotopic (exact) mass is 177 g/mol. The fourth-order valence-electron chi connectivity index (χ4n) is 1.33. The molecule has 0 aromatic carbocycles. The van der Waals surface area contributed by atoms with E-state index >= 15 is 0 Å². The van der Waals surface area contributed by atoms with Crippen molar-refractivity contribution in [2.45, 2.75) is 19.8 Å². The van der Waals surface area contributed by atoms with Crippen molar-refractivity contribution in [3.63, 3.8) is 0 Å². The number of nitrogens with zero attached hydrogens (tertiary/aromatic N) is 3. The molecule has 0 atom stereocenters. The summed E-state index contributed by atoms with van der Waals surface area (Å²) in [4.78, 5) is 4.33. The largest absolute Gasteiger partial charge is 0.493 e. The van der Waals surface area contributed by atoms with E-state index in [1.807, 2.05) is 0 Å². The molecule has 2 rings (SSSR count). The van der Waals surface area contributed by atoms with Gasteiger partial charge in [-0.05, 0) is 6.42 Å². The molecular weight excluding hydrogens is 166 g/mol. The van der Waals surface area contributed by atoms with Crippen LogP contribution in [0.15, 0.2) is 18.3 Å². The van der Waals surface area contributed by atoms with Crippen LogP contribution in [0.25, 0.3) is 5.65 Å². The fraction of sp³-hybridized carbons (Fsp3) is 0.333. The van der Waals surface area contributed by atoms with Gasteiger partial charge < -0.3 is 5.11 Å². The van der Waals surface area contributed by atoms with Gasteiger partial charge in [-0.25, -0.2) is 4.98 Å². The molecule has 13 heavy (non-hydrogen) atoms. The van der Waals surface area contributed by atoms with Crippen molar-refractivity contribution in [2.24, 2.45) is 0 Å². The molecule has 0 aliphatic carbocycles. The van der Waals surface area contributed by atoms with Crippen molar-refractivity contribution in [1.29, 1.82) is 0 Å². The van der Waals surface area contributed by atoms with Gasteiger partial charge in [0, 0.05) is 17.8 Å². The highest BCUT2D eigenvalue weighted by Gasteiger charge is 2.03. The number of aryl methyl sites for hydroxylation is 1. The topological polar surface area (TPSA) is 50.4 Å². The maximum absolute atomic E-state index is 9.53. The van der Waals surface area contributed by atoms with Gasteiger partial charge in [0.2, 0.25) is 5.88 Å². The fourth-order valence-corrected chi connectivity index (χ4v) is 1.33. The van der Waals surface area contributed by atoms with Gasteiger partial charge in [0.15, 0.2) is 5.65 Å². The molecule has 2 aromatic heterocycles. The zero-order chi connectivity index (χ0) is 9.26. The van der Waals surface area contributed by atoms with Gasteiger partial charge in [0.05, 0.1) is 6.20 Å². The van der Waals surface area contributed by atoms with E-state index in [-0.39, 0.29) is 5.88 Å². The normalized spacial score (nSPS) is 10.8. The van der Waals surface area contributed by atoms with Crippen LogP contribution in [0.4, 0.5) is 0 Å². The van der Waals surface area contributed by atoms with Crippen LogP contribution in [-0.2, 0) is 6.42 Å². The van der Waals surface area contributed by atoms with E-state index in [9.17, 15) is 5.11 Å². The van der Waals surface area contributed by atoms with Crippen molar-refractivity contribution < 1.29 is 5.11 Å². The van der Waals surface area contributed by atoms with Crippen LogP contribution in [0.1, 0.15) is 19.0 Å². The van der Waals surface area contributed by atoms with Crippen LogP contribution in [-0.4, -0.2) is 19.7 Å². The molecular formula is C9H11N3O. The van der Waals surface area contributed by atoms with Gasteiger partial charge in [-0.15, -0.1) is 0 Å². The smallest absolute Gasteiger partial charge is 0.215 e. The van der Waals surface area contributed by atoms with Crippen molar-refractivity contribution >= 4 is 5.65 Å². The van der Waals surface area contributed by atoms with Crippen LogP contribution in [0.3, 0.4) is 0 Å². The SMILES string of the molecule is CCCc1cc(O)n2nccc2n1. The molecule has 0 radical (unpaired) electrons. The lowest BCUT2D eigenvalue weighted by molar-refractivity contribution is 0.434. The Labute approximate surface area is 75.8 Å². The summed E-state index contributed by atoms with van der Waals surface area (Å²) in [5, 5.41) is 13.5. The highest BCUT2D eigenvalue weighted by atomic mass is 16.3. The van der Waals surface area contributed by atoms with Crippen LogP contribution in [0, 0.1) is 0 Å². The number of aromatic hydroxyl groups is 1. The van der Waals surface area contributed by atoms with E-state index in [1.165, 1.54) is 4.52 Å². The third-order valence-electron chi connectivity index (χ3n) is 1.90. The molecule has 4 nitrogen and oxygen atoms in total. The maximum Gasteiger partial charge on any atom is 0.215 e. The average molecular weight is 177 g/mol. The van der Waals surface area contributed by atoms with Crippen molar-refractivity contribution in [1.82, 2.24) is 14.6 Å². The second-order valence-corrected chi connectivity index (χ2v) is 2.96. The number of aromatic nitrogens is 3. The van der Waals surface area contributed by atoms with E-state index in [2.05, 4.69) is 17.0 Å². The molecule has 0 unspecified atom stereocenters. The number of hydrogen-bond donors (Lipinski definition) is 1. The van der Waals surface area contributed by atoms with E-state index in [0.717, 1.165) is 18.5 Å². The number of hydrogen-bond acceptors (Lipinski definition) is 3. The molecule has 0 saturated carbocycles. The first-order valence-corrected chi connectivity index (χ1v) is 4.34. The molecule has 0 aliphatic heterocycles. The molecule has 2 aromatic rings. The summed E-state index contributed by atoms with van der Waals surface area (Å²) in [6.45, 7) is 2.08. The zero-order valence-corrected chi connectivity index (χ0v) is 7.44. The highest BCUT2D eigenvalue weighted by Crippen LogP contribution is 2.13. The molecule has 4 heteroatoms. The van der Waals surface area contributed by atoms with Gasteiger partial charge in [-0.3, -0.25) is 0 Å². The van der Waals surface area contributed by atoms with E-state index < -0.39 is 0 Å². The summed E-state index contributed by atoms with van der Waals surface area (Å²) in [6, 6.07) is 3.43. The third-order valence-corrected chi connectivity index (χ3v) is 1.90. The average Bonchev–Trinajstić information content (AvgIpc) is 2.53. The van der Waals surface area contributed by atoms with Crippen LogP contribution >= 0.6 is 0 Å². The molecule has 0 bridgehead atoms. The third kappa shape index (κ3) is 1.35. The van der Waals surface area contributed by atoms with E-state index in [0.29, 0.717) is 5.65 Å². The minimum atomic E-state index is 0.151. The molecule has 0 aliphatic rings. The van der Waals surface area contributed by atoms with Crippen LogP contribution in [0.5, 0.6) is 5.88 Å². The Kier molecular flexibility index (Phi) is 1.88. The highest BCUT2D eigenvalue weighted by molar-refractivity contribution is 5.40. The predicted octanol–water partition coefficient (Wildman–Crippen LogP) is 1.39. The van der Waals surface area contributed by atoms with Crippen molar-refractivity contribution in [3.8, 4) is 5.88 Å². The Bertz CT molecular complexity index is 422. The van der Waals surface area contributed by atoms with Gasteiger partial charge in [0.1, 0.15) is 0 Å². The molecule has 0 saturated heterocycles. The lowest BCUT2D eigenvalue weighted by Gasteiger charge is -2.01. The van der Waals surface area contributed by atoms with E-state index in [1.54, 1.807) is 18.3 Å². The number of fused-ring (bicyclic) bond motifs is 1. The lowest BCUT2D eigenvalue weighted by Crippen LogP contribution is -1.95. The summed E-state index contributed by atoms with van der Waals surface area (Å²) in [5.74, 6) is 0.151. The quantitative estimate of drug-likeness (QED) is 0.754. The Balaban J connectivity index is 2.56. The van der Waals surface area contributed by atoms with Crippen LogP contribution < -0.4 is 0 Å². The molecule has 0 amide bonds. The maximum atomic E-state index is 9.53. The van der Waals surface area contributed by atoms with Crippen molar-refractivity contribution in [2.75, 3.05) is 0 Å². The summed E-state index contributed by atoms with van der Waals surface area (Å²) in [7, 11) is 0.